The Bertz CT molecular complexity index is 381. The summed E-state index contributed by atoms with van der Waals surface area (Å²) in [6.45, 7) is 1.89. The van der Waals surface area contributed by atoms with E-state index in [9.17, 15) is 0 Å². The maximum atomic E-state index is 4.23. The Morgan fingerprint density at radius 1 is 1.38 bits per heavy atom. The van der Waals surface area contributed by atoms with Crippen molar-refractivity contribution in [2.24, 2.45) is 0 Å². The number of nitrogens with zero attached hydrogens (tertiary/aromatic N) is 3. The second-order valence-corrected chi connectivity index (χ2v) is 2.64. The van der Waals surface area contributed by atoms with Gasteiger partial charge in [0.05, 0.1) is 18.1 Å². The predicted octanol–water partition coefficient (Wildman–Crippen LogP) is 1.25. The molecule has 0 saturated carbocycles. The van der Waals surface area contributed by atoms with Gasteiger partial charge in [-0.1, -0.05) is 0 Å². The van der Waals surface area contributed by atoms with Gasteiger partial charge in [0.1, 0.15) is 11.6 Å². The molecule has 0 bridgehead atoms. The summed E-state index contributed by atoms with van der Waals surface area (Å²) in [6, 6.07) is 1.82. The van der Waals surface area contributed by atoms with Gasteiger partial charge in [-0.15, -0.1) is 0 Å². The lowest BCUT2D eigenvalue weighted by Gasteiger charge is -2.01. The molecule has 0 aromatic carbocycles. The molecule has 2 aromatic heterocycles. The largest absolute Gasteiger partial charge is 0.324 e. The molecule has 2 N–H and O–H groups in total. The molecule has 0 saturated heterocycles. The van der Waals surface area contributed by atoms with Gasteiger partial charge >= 0.3 is 0 Å². The number of hydrogen-bond acceptors (Lipinski definition) is 4. The molecule has 0 aliphatic rings. The standard InChI is InChI=1S/C8H9N5/c1-6-4-9-5-8(11-6)12-7-2-3-10-13-7/h2-5H,1H3,(H2,10,11,12,13). The molecule has 5 heteroatoms. The van der Waals surface area contributed by atoms with Gasteiger partial charge in [-0.25, -0.2) is 4.98 Å². The summed E-state index contributed by atoms with van der Waals surface area (Å²) in [6.07, 6.45) is 5.04. The van der Waals surface area contributed by atoms with Crippen LogP contribution in [0.15, 0.2) is 24.7 Å². The van der Waals surface area contributed by atoms with E-state index >= 15 is 0 Å². The van der Waals surface area contributed by atoms with Crippen LogP contribution in [0.25, 0.3) is 0 Å². The quantitative estimate of drug-likeness (QED) is 0.720. The number of hydrogen-bond donors (Lipinski definition) is 2. The number of nitrogens with one attached hydrogen (secondary N) is 2. The fraction of sp³-hybridized carbons (Fsp3) is 0.125. The van der Waals surface area contributed by atoms with E-state index in [4.69, 9.17) is 0 Å². The monoisotopic (exact) mass is 175 g/mol. The van der Waals surface area contributed by atoms with Gasteiger partial charge in [-0.3, -0.25) is 10.1 Å². The van der Waals surface area contributed by atoms with Crippen LogP contribution in [-0.4, -0.2) is 20.2 Å². The summed E-state index contributed by atoms with van der Waals surface area (Å²) in [4.78, 5) is 8.23. The van der Waals surface area contributed by atoms with Crippen LogP contribution in [0.1, 0.15) is 5.69 Å². The van der Waals surface area contributed by atoms with E-state index in [1.165, 1.54) is 0 Å². The van der Waals surface area contributed by atoms with Crippen molar-refractivity contribution in [1.29, 1.82) is 0 Å². The highest BCUT2D eigenvalue weighted by atomic mass is 15.2. The van der Waals surface area contributed by atoms with E-state index in [1.54, 1.807) is 18.6 Å². The van der Waals surface area contributed by atoms with Gasteiger partial charge in [0.2, 0.25) is 0 Å². The Balaban J connectivity index is 2.19. The number of aromatic nitrogens is 4. The molecule has 0 unspecified atom stereocenters. The minimum absolute atomic E-state index is 0.712. The number of H-pyrrole nitrogens is 1. The maximum Gasteiger partial charge on any atom is 0.150 e. The number of anilines is 2. The average Bonchev–Trinajstić information content (AvgIpc) is 2.57. The summed E-state index contributed by atoms with van der Waals surface area (Å²) in [5.41, 5.74) is 0.879. The van der Waals surface area contributed by atoms with E-state index in [1.807, 2.05) is 13.0 Å². The summed E-state index contributed by atoms with van der Waals surface area (Å²) in [5, 5.41) is 9.61. The van der Waals surface area contributed by atoms with Crippen molar-refractivity contribution in [2.45, 2.75) is 6.92 Å². The van der Waals surface area contributed by atoms with Crippen molar-refractivity contribution >= 4 is 11.6 Å². The molecule has 2 aromatic rings. The molecule has 5 nitrogen and oxygen atoms in total. The van der Waals surface area contributed by atoms with Crippen molar-refractivity contribution in [3.05, 3.63) is 30.4 Å². The van der Waals surface area contributed by atoms with Gasteiger partial charge in [0.15, 0.2) is 0 Å². The van der Waals surface area contributed by atoms with Crippen molar-refractivity contribution in [2.75, 3.05) is 5.32 Å². The third-order valence-electron chi connectivity index (χ3n) is 1.52. The predicted molar refractivity (Wildman–Crippen MR) is 48.6 cm³/mol. The Morgan fingerprint density at radius 3 is 3.00 bits per heavy atom. The zero-order valence-electron chi connectivity index (χ0n) is 7.15. The molecular weight excluding hydrogens is 166 g/mol. The Kier molecular flexibility index (Phi) is 1.91. The zero-order chi connectivity index (χ0) is 9.10. The van der Waals surface area contributed by atoms with Crippen LogP contribution in [0, 0.1) is 6.92 Å². The fourth-order valence-electron chi connectivity index (χ4n) is 0.987. The van der Waals surface area contributed by atoms with Crippen LogP contribution in [0.3, 0.4) is 0 Å². The van der Waals surface area contributed by atoms with Crippen molar-refractivity contribution < 1.29 is 0 Å². The van der Waals surface area contributed by atoms with E-state index in [0.29, 0.717) is 5.82 Å². The van der Waals surface area contributed by atoms with Crippen LogP contribution in [0.5, 0.6) is 0 Å². The molecule has 0 aliphatic carbocycles. The minimum Gasteiger partial charge on any atom is -0.324 e. The number of rotatable bonds is 2. The van der Waals surface area contributed by atoms with Crippen molar-refractivity contribution in [3.8, 4) is 0 Å². The van der Waals surface area contributed by atoms with Gasteiger partial charge in [-0.2, -0.15) is 5.10 Å². The minimum atomic E-state index is 0.712. The van der Waals surface area contributed by atoms with Crippen LogP contribution >= 0.6 is 0 Å². The summed E-state index contributed by atoms with van der Waals surface area (Å²) < 4.78 is 0. The molecule has 0 fully saturated rings. The first kappa shape index (κ1) is 7.72. The second kappa shape index (κ2) is 3.22. The van der Waals surface area contributed by atoms with Crippen LogP contribution in [0.2, 0.25) is 0 Å². The van der Waals surface area contributed by atoms with Gasteiger partial charge in [0, 0.05) is 12.3 Å². The van der Waals surface area contributed by atoms with E-state index in [2.05, 4.69) is 25.5 Å². The van der Waals surface area contributed by atoms with Crippen LogP contribution in [0.4, 0.5) is 11.6 Å². The van der Waals surface area contributed by atoms with E-state index in [-0.39, 0.29) is 0 Å². The summed E-state index contributed by atoms with van der Waals surface area (Å²) in [5.74, 6) is 1.52. The van der Waals surface area contributed by atoms with Crippen LogP contribution in [-0.2, 0) is 0 Å². The first-order valence-corrected chi connectivity index (χ1v) is 3.89. The lowest BCUT2D eigenvalue weighted by atomic mass is 10.5. The Hall–Kier alpha value is -1.91. The van der Waals surface area contributed by atoms with Crippen LogP contribution < -0.4 is 5.32 Å². The lowest BCUT2D eigenvalue weighted by Crippen LogP contribution is -1.95. The fourth-order valence-corrected chi connectivity index (χ4v) is 0.987. The highest BCUT2D eigenvalue weighted by molar-refractivity contribution is 5.49. The highest BCUT2D eigenvalue weighted by Gasteiger charge is 1.96. The normalized spacial score (nSPS) is 9.92. The summed E-state index contributed by atoms with van der Waals surface area (Å²) >= 11 is 0. The van der Waals surface area contributed by atoms with E-state index in [0.717, 1.165) is 11.5 Å². The van der Waals surface area contributed by atoms with Gasteiger partial charge in [-0.05, 0) is 6.92 Å². The topological polar surface area (TPSA) is 66.5 Å². The first-order valence-electron chi connectivity index (χ1n) is 3.89. The molecule has 0 amide bonds. The summed E-state index contributed by atoms with van der Waals surface area (Å²) in [7, 11) is 0. The molecule has 0 radical (unpaired) electrons. The first-order chi connectivity index (χ1) is 6.34. The molecular formula is C8H9N5. The van der Waals surface area contributed by atoms with Gasteiger partial charge < -0.3 is 5.32 Å². The lowest BCUT2D eigenvalue weighted by molar-refractivity contribution is 1.07. The van der Waals surface area contributed by atoms with E-state index < -0.39 is 0 Å². The third kappa shape index (κ3) is 1.81. The Morgan fingerprint density at radius 2 is 2.31 bits per heavy atom. The average molecular weight is 175 g/mol. The second-order valence-electron chi connectivity index (χ2n) is 2.64. The molecule has 2 rings (SSSR count). The SMILES string of the molecule is Cc1cncc(Nc2ccn[nH]2)n1. The third-order valence-corrected chi connectivity index (χ3v) is 1.52. The Labute approximate surface area is 75.2 Å². The van der Waals surface area contributed by atoms with Gasteiger partial charge in [0.25, 0.3) is 0 Å². The highest BCUT2D eigenvalue weighted by Crippen LogP contribution is 2.08. The maximum absolute atomic E-state index is 4.23. The number of aryl methyl sites for hydroxylation is 1. The smallest absolute Gasteiger partial charge is 0.150 e. The molecule has 66 valence electrons. The zero-order valence-corrected chi connectivity index (χ0v) is 7.15. The number of aromatic amines is 1. The molecule has 13 heavy (non-hydrogen) atoms. The molecule has 0 spiro atoms. The molecule has 2 heterocycles. The molecule has 0 aliphatic heterocycles. The van der Waals surface area contributed by atoms with Crippen molar-refractivity contribution in [3.63, 3.8) is 0 Å². The van der Waals surface area contributed by atoms with Crippen molar-refractivity contribution in [1.82, 2.24) is 20.2 Å². The molecule has 0 atom stereocenters.